The van der Waals surface area contributed by atoms with Crippen molar-refractivity contribution in [1.82, 2.24) is 9.55 Å². The van der Waals surface area contributed by atoms with E-state index in [1.54, 1.807) is 27.7 Å². The third-order valence-electron chi connectivity index (χ3n) is 2.78. The highest BCUT2D eigenvalue weighted by Crippen LogP contribution is 2.22. The number of esters is 1. The van der Waals surface area contributed by atoms with Crippen LogP contribution in [0.2, 0.25) is 0 Å². The van der Waals surface area contributed by atoms with Gasteiger partial charge in [0.25, 0.3) is 0 Å². The Morgan fingerprint density at radius 1 is 1.30 bits per heavy atom. The van der Waals surface area contributed by atoms with Gasteiger partial charge in [0.2, 0.25) is 0 Å². The molecule has 1 heterocycles. The zero-order chi connectivity index (χ0) is 15.1. The maximum absolute atomic E-state index is 13.3. The molecule has 1 aromatic carbocycles. The van der Waals surface area contributed by atoms with E-state index in [1.807, 2.05) is 0 Å². The molecule has 0 saturated heterocycles. The lowest BCUT2D eigenvalue weighted by Crippen LogP contribution is -2.28. The van der Waals surface area contributed by atoms with Gasteiger partial charge in [0, 0.05) is 12.1 Å². The first-order valence-electron chi connectivity index (χ1n) is 6.23. The standard InChI is InChI=1S/C14H16F2N2O2/c1-8(13(19)20-14(2,3)4)18-7-17-11-5-9(15)10(16)6-12(11)18/h5-8H,1-4H3. The predicted octanol–water partition coefficient (Wildman–Crippen LogP) is 3.22. The van der Waals surface area contributed by atoms with Crippen LogP contribution in [-0.2, 0) is 9.53 Å². The number of carbonyl (C=O) groups is 1. The Labute approximate surface area is 115 Å². The number of fused-ring (bicyclic) bond motifs is 1. The number of hydrogen-bond acceptors (Lipinski definition) is 3. The summed E-state index contributed by atoms with van der Waals surface area (Å²) in [5.74, 6) is -2.40. The molecule has 1 aromatic heterocycles. The van der Waals surface area contributed by atoms with Gasteiger partial charge in [0.05, 0.1) is 17.4 Å². The molecule has 4 nitrogen and oxygen atoms in total. The Morgan fingerprint density at radius 3 is 2.50 bits per heavy atom. The van der Waals surface area contributed by atoms with E-state index in [1.165, 1.54) is 10.9 Å². The second-order valence-electron chi connectivity index (χ2n) is 5.62. The SMILES string of the molecule is CC(C(=O)OC(C)(C)C)n1cnc2cc(F)c(F)cc21. The molecule has 0 aliphatic carbocycles. The van der Waals surface area contributed by atoms with Gasteiger partial charge in [0.15, 0.2) is 11.6 Å². The summed E-state index contributed by atoms with van der Waals surface area (Å²) in [5, 5.41) is 0. The summed E-state index contributed by atoms with van der Waals surface area (Å²) >= 11 is 0. The van der Waals surface area contributed by atoms with E-state index in [0.29, 0.717) is 11.0 Å². The van der Waals surface area contributed by atoms with Gasteiger partial charge in [-0.05, 0) is 27.7 Å². The largest absolute Gasteiger partial charge is 0.458 e. The highest BCUT2D eigenvalue weighted by Gasteiger charge is 2.24. The van der Waals surface area contributed by atoms with Crippen molar-refractivity contribution < 1.29 is 18.3 Å². The third-order valence-corrected chi connectivity index (χ3v) is 2.78. The lowest BCUT2D eigenvalue weighted by Gasteiger charge is -2.23. The number of imidazole rings is 1. The predicted molar refractivity (Wildman–Crippen MR) is 70.2 cm³/mol. The average Bonchev–Trinajstić information content (AvgIpc) is 2.69. The number of rotatable bonds is 2. The average molecular weight is 282 g/mol. The van der Waals surface area contributed by atoms with Gasteiger partial charge < -0.3 is 9.30 Å². The minimum absolute atomic E-state index is 0.291. The Balaban J connectivity index is 2.38. The summed E-state index contributed by atoms with van der Waals surface area (Å²) in [6, 6.07) is 1.35. The molecule has 0 amide bonds. The number of nitrogens with zero attached hydrogens (tertiary/aromatic N) is 2. The Kier molecular flexibility index (Phi) is 3.50. The zero-order valence-corrected chi connectivity index (χ0v) is 11.8. The molecule has 6 heteroatoms. The minimum Gasteiger partial charge on any atom is -0.458 e. The molecular weight excluding hydrogens is 266 g/mol. The van der Waals surface area contributed by atoms with Crippen molar-refractivity contribution in [3.05, 3.63) is 30.1 Å². The molecule has 2 aromatic rings. The Morgan fingerprint density at radius 2 is 1.90 bits per heavy atom. The van der Waals surface area contributed by atoms with Crippen molar-refractivity contribution in [2.45, 2.75) is 39.3 Å². The lowest BCUT2D eigenvalue weighted by atomic mass is 10.2. The fourth-order valence-corrected chi connectivity index (χ4v) is 1.83. The number of hydrogen-bond donors (Lipinski definition) is 0. The van der Waals surface area contributed by atoms with E-state index in [-0.39, 0.29) is 0 Å². The second kappa shape index (κ2) is 4.85. The van der Waals surface area contributed by atoms with E-state index in [9.17, 15) is 13.6 Å². The maximum Gasteiger partial charge on any atom is 0.329 e. The van der Waals surface area contributed by atoms with Gasteiger partial charge in [-0.15, -0.1) is 0 Å². The molecule has 0 bridgehead atoms. The highest BCUT2D eigenvalue weighted by molar-refractivity contribution is 5.80. The Hall–Kier alpha value is -1.98. The number of aromatic nitrogens is 2. The van der Waals surface area contributed by atoms with Crippen LogP contribution in [0.4, 0.5) is 8.78 Å². The van der Waals surface area contributed by atoms with Crippen molar-refractivity contribution in [2.75, 3.05) is 0 Å². The fraction of sp³-hybridized carbons (Fsp3) is 0.429. The molecule has 0 spiro atoms. The molecule has 0 fully saturated rings. The molecule has 0 aliphatic heterocycles. The van der Waals surface area contributed by atoms with Crippen LogP contribution in [0.1, 0.15) is 33.7 Å². The van der Waals surface area contributed by atoms with Crippen molar-refractivity contribution in [2.24, 2.45) is 0 Å². The molecule has 108 valence electrons. The summed E-state index contributed by atoms with van der Waals surface area (Å²) in [6.07, 6.45) is 1.37. The Bertz CT molecular complexity index is 659. The normalized spacial score (nSPS) is 13.5. The summed E-state index contributed by atoms with van der Waals surface area (Å²) in [7, 11) is 0. The van der Waals surface area contributed by atoms with Crippen molar-refractivity contribution in [3.8, 4) is 0 Å². The van der Waals surface area contributed by atoms with Crippen LogP contribution in [0.5, 0.6) is 0 Å². The van der Waals surface area contributed by atoms with E-state index in [0.717, 1.165) is 12.1 Å². The van der Waals surface area contributed by atoms with Gasteiger partial charge in [-0.2, -0.15) is 0 Å². The zero-order valence-electron chi connectivity index (χ0n) is 11.8. The minimum atomic E-state index is -0.976. The van der Waals surface area contributed by atoms with Gasteiger partial charge in [-0.25, -0.2) is 18.6 Å². The third kappa shape index (κ3) is 2.79. The molecule has 2 rings (SSSR count). The van der Waals surface area contributed by atoms with E-state index >= 15 is 0 Å². The summed E-state index contributed by atoms with van der Waals surface area (Å²) in [6.45, 7) is 6.91. The van der Waals surface area contributed by atoms with E-state index in [4.69, 9.17) is 4.74 Å². The molecule has 20 heavy (non-hydrogen) atoms. The summed E-state index contributed by atoms with van der Waals surface area (Å²) < 4.78 is 33.2. The van der Waals surface area contributed by atoms with E-state index in [2.05, 4.69) is 4.98 Å². The van der Waals surface area contributed by atoms with E-state index < -0.39 is 29.2 Å². The van der Waals surface area contributed by atoms with Crippen molar-refractivity contribution >= 4 is 17.0 Å². The molecule has 1 atom stereocenters. The van der Waals surface area contributed by atoms with Crippen molar-refractivity contribution in [1.29, 1.82) is 0 Å². The number of halogens is 2. The van der Waals surface area contributed by atoms with Crippen molar-refractivity contribution in [3.63, 3.8) is 0 Å². The molecule has 1 unspecified atom stereocenters. The topological polar surface area (TPSA) is 44.1 Å². The van der Waals surface area contributed by atoms with Crippen LogP contribution < -0.4 is 0 Å². The van der Waals surface area contributed by atoms with Crippen LogP contribution in [0, 0.1) is 11.6 Å². The maximum atomic E-state index is 13.3. The number of carbonyl (C=O) groups excluding carboxylic acids is 1. The first kappa shape index (κ1) is 14.4. The molecule has 0 aliphatic rings. The van der Waals surface area contributed by atoms with Crippen LogP contribution in [-0.4, -0.2) is 21.1 Å². The number of benzene rings is 1. The van der Waals surface area contributed by atoms with Gasteiger partial charge >= 0.3 is 5.97 Å². The molecular formula is C14H16F2N2O2. The summed E-state index contributed by atoms with van der Waals surface area (Å²) in [4.78, 5) is 16.0. The van der Waals surface area contributed by atoms with Crippen LogP contribution in [0.25, 0.3) is 11.0 Å². The highest BCUT2D eigenvalue weighted by atomic mass is 19.2. The molecule has 0 radical (unpaired) electrons. The number of ether oxygens (including phenoxy) is 1. The molecule has 0 saturated carbocycles. The lowest BCUT2D eigenvalue weighted by molar-refractivity contribution is -0.158. The smallest absolute Gasteiger partial charge is 0.329 e. The van der Waals surface area contributed by atoms with Gasteiger partial charge in [-0.1, -0.05) is 0 Å². The quantitative estimate of drug-likeness (QED) is 0.794. The first-order valence-corrected chi connectivity index (χ1v) is 6.23. The molecule has 0 N–H and O–H groups in total. The first-order chi connectivity index (χ1) is 9.19. The summed E-state index contributed by atoms with van der Waals surface area (Å²) in [5.41, 5.74) is 0.0283. The van der Waals surface area contributed by atoms with Crippen LogP contribution in [0.15, 0.2) is 18.5 Å². The second-order valence-corrected chi connectivity index (χ2v) is 5.62. The van der Waals surface area contributed by atoms with Gasteiger partial charge in [0.1, 0.15) is 11.6 Å². The monoisotopic (exact) mass is 282 g/mol. The van der Waals surface area contributed by atoms with Crippen LogP contribution in [0.3, 0.4) is 0 Å². The van der Waals surface area contributed by atoms with Gasteiger partial charge in [-0.3, -0.25) is 0 Å². The van der Waals surface area contributed by atoms with Crippen LogP contribution >= 0.6 is 0 Å². The fourth-order valence-electron chi connectivity index (χ4n) is 1.83.